The molecule has 4 heteroatoms. The minimum Gasteiger partial charge on any atom is -0.345 e. The van der Waals surface area contributed by atoms with Gasteiger partial charge in [-0.1, -0.05) is 59.6 Å². The molecular formula is C19H15Cl2NO. The Hall–Kier alpha value is -2.03. The second kappa shape index (κ2) is 6.61. The molecule has 0 unspecified atom stereocenters. The first kappa shape index (κ1) is 15.9. The Kier molecular flexibility index (Phi) is 4.56. The molecule has 0 aromatic heterocycles. The van der Waals surface area contributed by atoms with E-state index in [0.717, 1.165) is 16.3 Å². The molecule has 23 heavy (non-hydrogen) atoms. The van der Waals surface area contributed by atoms with Crippen LogP contribution in [0.25, 0.3) is 10.8 Å². The number of hydrogen-bond donors (Lipinski definition) is 1. The Morgan fingerprint density at radius 2 is 1.70 bits per heavy atom. The maximum atomic E-state index is 12.5. The van der Waals surface area contributed by atoms with Crippen LogP contribution >= 0.6 is 23.2 Å². The molecule has 0 heterocycles. The summed E-state index contributed by atoms with van der Waals surface area (Å²) in [5.74, 6) is -0.130. The molecule has 0 aliphatic rings. The highest BCUT2D eigenvalue weighted by molar-refractivity contribution is 6.35. The van der Waals surface area contributed by atoms with Crippen molar-refractivity contribution < 1.29 is 4.79 Å². The third kappa shape index (κ3) is 3.49. The molecule has 0 bridgehead atoms. The summed E-state index contributed by atoms with van der Waals surface area (Å²) >= 11 is 12.1. The number of carbonyl (C=O) groups is 1. The van der Waals surface area contributed by atoms with E-state index in [1.54, 1.807) is 12.1 Å². The molecule has 3 aromatic carbocycles. The zero-order valence-corrected chi connectivity index (χ0v) is 14.0. The molecule has 0 fully saturated rings. The summed E-state index contributed by atoms with van der Waals surface area (Å²) in [7, 11) is 0. The van der Waals surface area contributed by atoms with Crippen molar-refractivity contribution in [3.8, 4) is 0 Å². The summed E-state index contributed by atoms with van der Waals surface area (Å²) in [4.78, 5) is 12.5. The maximum Gasteiger partial charge on any atom is 0.251 e. The highest BCUT2D eigenvalue weighted by Gasteiger charge is 2.14. The average molecular weight is 344 g/mol. The number of fused-ring (bicyclic) bond motifs is 1. The van der Waals surface area contributed by atoms with Gasteiger partial charge in [-0.15, -0.1) is 0 Å². The summed E-state index contributed by atoms with van der Waals surface area (Å²) in [6.07, 6.45) is 0. The Bertz CT molecular complexity index is 876. The molecule has 0 aliphatic heterocycles. The molecule has 0 radical (unpaired) electrons. The van der Waals surface area contributed by atoms with Crippen molar-refractivity contribution in [3.05, 3.63) is 81.8 Å². The summed E-state index contributed by atoms with van der Waals surface area (Å²) in [6.45, 7) is 1.90. The monoisotopic (exact) mass is 343 g/mol. The zero-order chi connectivity index (χ0) is 16.4. The summed E-state index contributed by atoms with van der Waals surface area (Å²) in [5.41, 5.74) is 1.46. The minimum absolute atomic E-state index is 0.130. The maximum absolute atomic E-state index is 12.5. The largest absolute Gasteiger partial charge is 0.345 e. The first-order valence-corrected chi connectivity index (χ1v) is 8.05. The second-order valence-corrected chi connectivity index (χ2v) is 6.27. The van der Waals surface area contributed by atoms with Gasteiger partial charge in [-0.05, 0) is 47.5 Å². The van der Waals surface area contributed by atoms with Crippen molar-refractivity contribution in [2.75, 3.05) is 0 Å². The fourth-order valence-electron chi connectivity index (χ4n) is 2.54. The van der Waals surface area contributed by atoms with Gasteiger partial charge in [-0.2, -0.15) is 0 Å². The van der Waals surface area contributed by atoms with Gasteiger partial charge in [0.25, 0.3) is 5.91 Å². The third-order valence-electron chi connectivity index (χ3n) is 3.79. The highest BCUT2D eigenvalue weighted by Crippen LogP contribution is 2.26. The molecule has 1 N–H and O–H groups in total. The normalized spacial score (nSPS) is 12.1. The van der Waals surface area contributed by atoms with E-state index in [1.807, 2.05) is 55.5 Å². The van der Waals surface area contributed by atoms with Crippen molar-refractivity contribution in [3.63, 3.8) is 0 Å². The Morgan fingerprint density at radius 3 is 2.43 bits per heavy atom. The topological polar surface area (TPSA) is 29.1 Å². The SMILES string of the molecule is C[C@@H](NC(=O)c1ccc2ccccc2c1)c1ccc(Cl)cc1Cl. The number of hydrogen-bond acceptors (Lipinski definition) is 1. The predicted molar refractivity (Wildman–Crippen MR) is 96.3 cm³/mol. The van der Waals surface area contributed by atoms with Crippen LogP contribution in [0.1, 0.15) is 28.9 Å². The number of amides is 1. The van der Waals surface area contributed by atoms with Crippen LogP contribution in [0.2, 0.25) is 10.0 Å². The van der Waals surface area contributed by atoms with Gasteiger partial charge in [0.1, 0.15) is 0 Å². The predicted octanol–water partition coefficient (Wildman–Crippen LogP) is 5.64. The molecule has 3 aromatic rings. The van der Waals surface area contributed by atoms with Gasteiger partial charge in [-0.25, -0.2) is 0 Å². The lowest BCUT2D eigenvalue weighted by molar-refractivity contribution is 0.0940. The van der Waals surface area contributed by atoms with Gasteiger partial charge in [0.05, 0.1) is 6.04 Å². The van der Waals surface area contributed by atoms with E-state index < -0.39 is 0 Å². The zero-order valence-electron chi connectivity index (χ0n) is 12.5. The van der Waals surface area contributed by atoms with E-state index >= 15 is 0 Å². The second-order valence-electron chi connectivity index (χ2n) is 5.42. The van der Waals surface area contributed by atoms with Crippen LogP contribution in [-0.2, 0) is 0 Å². The summed E-state index contributed by atoms with van der Waals surface area (Å²) < 4.78 is 0. The molecule has 0 spiro atoms. The summed E-state index contributed by atoms with van der Waals surface area (Å²) in [6, 6.07) is 18.7. The van der Waals surface area contributed by atoms with Crippen molar-refractivity contribution in [2.45, 2.75) is 13.0 Å². The van der Waals surface area contributed by atoms with E-state index in [-0.39, 0.29) is 11.9 Å². The molecule has 0 aliphatic carbocycles. The summed E-state index contributed by atoms with van der Waals surface area (Å²) in [5, 5.41) is 6.24. The third-order valence-corrected chi connectivity index (χ3v) is 4.35. The van der Waals surface area contributed by atoms with Crippen molar-refractivity contribution in [2.24, 2.45) is 0 Å². The number of halogens is 2. The van der Waals surface area contributed by atoms with Crippen molar-refractivity contribution in [1.29, 1.82) is 0 Å². The average Bonchev–Trinajstić information content (AvgIpc) is 2.54. The lowest BCUT2D eigenvalue weighted by Gasteiger charge is -2.16. The molecule has 0 saturated heterocycles. The first-order chi connectivity index (χ1) is 11.0. The van der Waals surface area contributed by atoms with Gasteiger partial charge in [0.2, 0.25) is 0 Å². The van der Waals surface area contributed by atoms with Crippen LogP contribution in [0.4, 0.5) is 0 Å². The Morgan fingerprint density at radius 1 is 0.957 bits per heavy atom. The van der Waals surface area contributed by atoms with E-state index in [0.29, 0.717) is 15.6 Å². The Labute approximate surface area is 145 Å². The standard InChI is InChI=1S/C19H15Cl2NO/c1-12(17-9-8-16(20)11-18(17)21)22-19(23)15-7-6-13-4-2-3-5-14(13)10-15/h2-12H,1H3,(H,22,23)/t12-/m1/s1. The van der Waals surface area contributed by atoms with Crippen LogP contribution in [0.5, 0.6) is 0 Å². The van der Waals surface area contributed by atoms with E-state index in [2.05, 4.69) is 5.32 Å². The lowest BCUT2D eigenvalue weighted by Crippen LogP contribution is -2.26. The van der Waals surface area contributed by atoms with Gasteiger partial charge in [-0.3, -0.25) is 4.79 Å². The smallest absolute Gasteiger partial charge is 0.251 e. The van der Waals surface area contributed by atoms with Crippen LogP contribution in [-0.4, -0.2) is 5.91 Å². The molecule has 116 valence electrons. The van der Waals surface area contributed by atoms with Crippen LogP contribution in [0.3, 0.4) is 0 Å². The van der Waals surface area contributed by atoms with E-state index in [1.165, 1.54) is 0 Å². The molecule has 2 nitrogen and oxygen atoms in total. The number of benzene rings is 3. The number of carbonyl (C=O) groups excluding carboxylic acids is 1. The van der Waals surface area contributed by atoms with Gasteiger partial charge in [0.15, 0.2) is 0 Å². The quantitative estimate of drug-likeness (QED) is 0.655. The van der Waals surface area contributed by atoms with Crippen LogP contribution in [0.15, 0.2) is 60.7 Å². The number of nitrogens with one attached hydrogen (secondary N) is 1. The first-order valence-electron chi connectivity index (χ1n) is 7.29. The van der Waals surface area contributed by atoms with Gasteiger partial charge in [0, 0.05) is 15.6 Å². The van der Waals surface area contributed by atoms with Gasteiger partial charge < -0.3 is 5.32 Å². The van der Waals surface area contributed by atoms with Crippen LogP contribution < -0.4 is 5.32 Å². The van der Waals surface area contributed by atoms with Crippen molar-refractivity contribution in [1.82, 2.24) is 5.32 Å². The van der Waals surface area contributed by atoms with E-state index in [9.17, 15) is 4.79 Å². The fraction of sp³-hybridized carbons (Fsp3) is 0.105. The van der Waals surface area contributed by atoms with Crippen LogP contribution in [0, 0.1) is 0 Å². The molecule has 0 saturated carbocycles. The molecule has 1 atom stereocenters. The molecular weight excluding hydrogens is 329 g/mol. The minimum atomic E-state index is -0.210. The highest BCUT2D eigenvalue weighted by atomic mass is 35.5. The lowest BCUT2D eigenvalue weighted by atomic mass is 10.1. The van der Waals surface area contributed by atoms with E-state index in [4.69, 9.17) is 23.2 Å². The van der Waals surface area contributed by atoms with Crippen molar-refractivity contribution >= 4 is 39.9 Å². The molecule has 3 rings (SSSR count). The molecule has 1 amide bonds. The number of rotatable bonds is 3. The Balaban J connectivity index is 1.82. The fourth-order valence-corrected chi connectivity index (χ4v) is 3.11. The van der Waals surface area contributed by atoms with Gasteiger partial charge >= 0.3 is 0 Å².